The van der Waals surface area contributed by atoms with Gasteiger partial charge in [0.15, 0.2) is 0 Å². The summed E-state index contributed by atoms with van der Waals surface area (Å²) in [5, 5.41) is 1.18. The third-order valence-corrected chi connectivity index (χ3v) is 2.17. The van der Waals surface area contributed by atoms with Crippen molar-refractivity contribution in [1.29, 1.82) is 0 Å². The average Bonchev–Trinajstić information content (AvgIpc) is 2.46. The Morgan fingerprint density at radius 1 is 1.46 bits per heavy atom. The lowest BCUT2D eigenvalue weighted by Crippen LogP contribution is -1.82. The number of anilines is 1. The molecular formula is C11H12N2. The maximum atomic E-state index is 5.67. The van der Waals surface area contributed by atoms with Crippen LogP contribution in [0.4, 0.5) is 5.69 Å². The fraction of sp³-hybridized carbons (Fsp3) is 0.0909. The zero-order valence-corrected chi connectivity index (χ0v) is 7.59. The van der Waals surface area contributed by atoms with E-state index in [1.54, 1.807) is 0 Å². The topological polar surface area (TPSA) is 41.8 Å². The van der Waals surface area contributed by atoms with Crippen LogP contribution < -0.4 is 5.73 Å². The fourth-order valence-corrected chi connectivity index (χ4v) is 1.50. The molecule has 0 aliphatic rings. The number of aromatic nitrogens is 1. The first-order valence-electron chi connectivity index (χ1n) is 4.21. The number of hydrogen-bond acceptors (Lipinski definition) is 1. The van der Waals surface area contributed by atoms with Crippen LogP contribution in [0, 0.1) is 0 Å². The summed E-state index contributed by atoms with van der Waals surface area (Å²) in [7, 11) is 0. The highest BCUT2D eigenvalue weighted by molar-refractivity contribution is 5.93. The molecule has 2 aromatic rings. The molecule has 1 aromatic heterocycles. The predicted molar refractivity (Wildman–Crippen MR) is 57.4 cm³/mol. The van der Waals surface area contributed by atoms with Gasteiger partial charge in [0.05, 0.1) is 0 Å². The third kappa shape index (κ3) is 1.20. The van der Waals surface area contributed by atoms with Gasteiger partial charge in [0.25, 0.3) is 0 Å². The summed E-state index contributed by atoms with van der Waals surface area (Å²) in [5.74, 6) is 0. The zero-order chi connectivity index (χ0) is 9.42. The number of nitrogens with two attached hydrogens (primary N) is 1. The third-order valence-electron chi connectivity index (χ3n) is 2.17. The van der Waals surface area contributed by atoms with E-state index in [2.05, 4.69) is 11.6 Å². The monoisotopic (exact) mass is 172 g/mol. The van der Waals surface area contributed by atoms with Crippen LogP contribution in [-0.2, 0) is 0 Å². The minimum atomic E-state index is 0.780. The van der Waals surface area contributed by atoms with Crippen molar-refractivity contribution in [2.75, 3.05) is 5.73 Å². The second-order valence-electron chi connectivity index (χ2n) is 3.29. The molecule has 13 heavy (non-hydrogen) atoms. The first kappa shape index (κ1) is 7.92. The van der Waals surface area contributed by atoms with Gasteiger partial charge in [-0.3, -0.25) is 0 Å². The highest BCUT2D eigenvalue weighted by Gasteiger charge is 2.03. The van der Waals surface area contributed by atoms with Crippen molar-refractivity contribution in [2.24, 2.45) is 0 Å². The Labute approximate surface area is 77.1 Å². The number of nitrogen functional groups attached to an aromatic ring is 1. The molecule has 3 N–H and O–H groups in total. The number of nitrogens with one attached hydrogen (secondary N) is 1. The predicted octanol–water partition coefficient (Wildman–Crippen LogP) is 2.78. The lowest BCUT2D eigenvalue weighted by molar-refractivity contribution is 1.46. The fourth-order valence-electron chi connectivity index (χ4n) is 1.50. The number of aromatic amines is 1. The smallest absolute Gasteiger partial charge is 0.0480 e. The molecule has 0 saturated heterocycles. The molecule has 2 rings (SSSR count). The van der Waals surface area contributed by atoms with E-state index >= 15 is 0 Å². The molecule has 0 amide bonds. The van der Waals surface area contributed by atoms with Gasteiger partial charge in [-0.15, -0.1) is 0 Å². The molecule has 0 fully saturated rings. The van der Waals surface area contributed by atoms with E-state index in [1.807, 2.05) is 31.3 Å². The second-order valence-corrected chi connectivity index (χ2v) is 3.29. The number of rotatable bonds is 1. The molecule has 2 heteroatoms. The summed E-state index contributed by atoms with van der Waals surface area (Å²) in [4.78, 5) is 3.17. The Hall–Kier alpha value is -1.70. The average molecular weight is 172 g/mol. The Morgan fingerprint density at radius 2 is 2.23 bits per heavy atom. The summed E-state index contributed by atoms with van der Waals surface area (Å²) in [6.45, 7) is 5.92. The van der Waals surface area contributed by atoms with Crippen LogP contribution in [0.1, 0.15) is 12.5 Å². The standard InChI is InChI=1S/C11H12N2/c1-7(2)10-6-13-11-5-8(12)3-4-9(10)11/h3-6,13H,1,12H2,2H3. The highest BCUT2D eigenvalue weighted by Crippen LogP contribution is 2.24. The molecule has 0 bridgehead atoms. The number of allylic oxidation sites excluding steroid dienone is 1. The molecular weight excluding hydrogens is 160 g/mol. The van der Waals surface area contributed by atoms with Gasteiger partial charge in [0, 0.05) is 28.4 Å². The van der Waals surface area contributed by atoms with Gasteiger partial charge in [0.2, 0.25) is 0 Å². The lowest BCUT2D eigenvalue weighted by Gasteiger charge is -1.96. The zero-order valence-electron chi connectivity index (χ0n) is 7.59. The molecule has 0 saturated carbocycles. The van der Waals surface area contributed by atoms with Crippen molar-refractivity contribution in [1.82, 2.24) is 4.98 Å². The summed E-state index contributed by atoms with van der Waals surface area (Å²) >= 11 is 0. The Kier molecular flexibility index (Phi) is 1.62. The Balaban J connectivity index is 2.76. The van der Waals surface area contributed by atoms with Crippen LogP contribution in [0.5, 0.6) is 0 Å². The van der Waals surface area contributed by atoms with Crippen molar-refractivity contribution in [3.05, 3.63) is 36.5 Å². The van der Waals surface area contributed by atoms with Crippen LogP contribution in [0.25, 0.3) is 16.5 Å². The van der Waals surface area contributed by atoms with Crippen LogP contribution in [-0.4, -0.2) is 4.98 Å². The minimum Gasteiger partial charge on any atom is -0.399 e. The summed E-state index contributed by atoms with van der Waals surface area (Å²) in [5.41, 5.74) is 9.74. The van der Waals surface area contributed by atoms with Gasteiger partial charge < -0.3 is 10.7 Å². The first-order valence-corrected chi connectivity index (χ1v) is 4.21. The van der Waals surface area contributed by atoms with Crippen LogP contribution in [0.2, 0.25) is 0 Å². The van der Waals surface area contributed by atoms with Gasteiger partial charge >= 0.3 is 0 Å². The van der Waals surface area contributed by atoms with E-state index in [9.17, 15) is 0 Å². The molecule has 0 radical (unpaired) electrons. The molecule has 0 unspecified atom stereocenters. The van der Waals surface area contributed by atoms with Crippen molar-refractivity contribution < 1.29 is 0 Å². The highest BCUT2D eigenvalue weighted by atomic mass is 14.7. The van der Waals surface area contributed by atoms with Gasteiger partial charge in [-0.25, -0.2) is 0 Å². The second kappa shape index (κ2) is 2.66. The van der Waals surface area contributed by atoms with Crippen LogP contribution in [0.3, 0.4) is 0 Å². The van der Waals surface area contributed by atoms with Gasteiger partial charge in [-0.05, 0) is 24.6 Å². The number of hydrogen-bond donors (Lipinski definition) is 2. The first-order chi connectivity index (χ1) is 6.18. The summed E-state index contributed by atoms with van der Waals surface area (Å²) in [6.07, 6.45) is 1.96. The number of benzene rings is 1. The summed E-state index contributed by atoms with van der Waals surface area (Å²) in [6, 6.07) is 5.86. The van der Waals surface area contributed by atoms with E-state index in [-0.39, 0.29) is 0 Å². The van der Waals surface area contributed by atoms with Crippen molar-refractivity contribution >= 4 is 22.2 Å². The van der Waals surface area contributed by atoms with E-state index in [0.717, 1.165) is 22.3 Å². The Bertz CT molecular complexity index is 466. The maximum absolute atomic E-state index is 5.67. The van der Waals surface area contributed by atoms with E-state index < -0.39 is 0 Å². The van der Waals surface area contributed by atoms with Crippen molar-refractivity contribution in [3.8, 4) is 0 Å². The van der Waals surface area contributed by atoms with E-state index in [4.69, 9.17) is 5.73 Å². The Morgan fingerprint density at radius 3 is 2.92 bits per heavy atom. The van der Waals surface area contributed by atoms with Crippen LogP contribution >= 0.6 is 0 Å². The minimum absolute atomic E-state index is 0.780. The van der Waals surface area contributed by atoms with Gasteiger partial charge in [0.1, 0.15) is 0 Å². The molecule has 0 aliphatic carbocycles. The van der Waals surface area contributed by atoms with E-state index in [0.29, 0.717) is 0 Å². The summed E-state index contributed by atoms with van der Waals surface area (Å²) < 4.78 is 0. The lowest BCUT2D eigenvalue weighted by atomic mass is 10.1. The normalized spacial score (nSPS) is 10.5. The van der Waals surface area contributed by atoms with Crippen molar-refractivity contribution in [2.45, 2.75) is 6.92 Å². The molecule has 2 nitrogen and oxygen atoms in total. The molecule has 0 aliphatic heterocycles. The van der Waals surface area contributed by atoms with Gasteiger partial charge in [-0.2, -0.15) is 0 Å². The van der Waals surface area contributed by atoms with Gasteiger partial charge in [-0.1, -0.05) is 12.6 Å². The largest absolute Gasteiger partial charge is 0.399 e. The van der Waals surface area contributed by atoms with Crippen LogP contribution in [0.15, 0.2) is 31.0 Å². The molecule has 0 atom stereocenters. The quantitative estimate of drug-likeness (QED) is 0.638. The molecule has 66 valence electrons. The number of fused-ring (bicyclic) bond motifs is 1. The molecule has 0 spiro atoms. The van der Waals surface area contributed by atoms with E-state index in [1.165, 1.54) is 5.39 Å². The number of H-pyrrole nitrogens is 1. The maximum Gasteiger partial charge on any atom is 0.0480 e. The molecule has 1 heterocycles. The van der Waals surface area contributed by atoms with Crippen molar-refractivity contribution in [3.63, 3.8) is 0 Å². The molecule has 1 aromatic carbocycles. The SMILES string of the molecule is C=C(C)c1c[nH]c2cc(N)ccc12.